The standard InChI is InChI=1S/C21H32FN3O2/c1-16-14-17(5-6-19(16)22)21(27)25-8-7-20(18(15-25)4-3-13-26)24-11-9-23(2)10-12-24/h5-6,14,18,20,26H,3-4,7-13,15H2,1-2H3/t18-,20+/m0/s1. The molecule has 2 aliphatic rings. The van der Waals surface area contributed by atoms with Crippen LogP contribution in [0.2, 0.25) is 0 Å². The zero-order valence-corrected chi connectivity index (χ0v) is 16.5. The zero-order valence-electron chi connectivity index (χ0n) is 16.5. The maximum Gasteiger partial charge on any atom is 0.253 e. The Morgan fingerprint density at radius 2 is 1.96 bits per heavy atom. The minimum absolute atomic E-state index is 0.0103. The monoisotopic (exact) mass is 377 g/mol. The van der Waals surface area contributed by atoms with E-state index in [0.29, 0.717) is 29.6 Å². The number of aryl methyl sites for hydroxylation is 1. The number of carbonyl (C=O) groups excluding carboxylic acids is 1. The van der Waals surface area contributed by atoms with Gasteiger partial charge in [-0.15, -0.1) is 0 Å². The number of rotatable bonds is 5. The predicted molar refractivity (Wildman–Crippen MR) is 104 cm³/mol. The summed E-state index contributed by atoms with van der Waals surface area (Å²) in [5, 5.41) is 9.30. The fourth-order valence-electron chi connectivity index (χ4n) is 4.44. The van der Waals surface area contributed by atoms with E-state index in [2.05, 4.69) is 16.8 Å². The van der Waals surface area contributed by atoms with Crippen molar-refractivity contribution in [3.63, 3.8) is 0 Å². The first-order chi connectivity index (χ1) is 13.0. The van der Waals surface area contributed by atoms with Crippen LogP contribution in [0.25, 0.3) is 0 Å². The number of piperazine rings is 1. The third-order valence-corrected chi connectivity index (χ3v) is 6.13. The molecule has 6 heteroatoms. The highest BCUT2D eigenvalue weighted by Crippen LogP contribution is 2.28. The van der Waals surface area contributed by atoms with Gasteiger partial charge in [0.1, 0.15) is 5.82 Å². The number of likely N-dealkylation sites (N-methyl/N-ethyl adjacent to an activating group) is 1. The quantitative estimate of drug-likeness (QED) is 0.853. The second kappa shape index (κ2) is 9.13. The molecular weight excluding hydrogens is 345 g/mol. The van der Waals surface area contributed by atoms with E-state index < -0.39 is 0 Å². The molecule has 0 saturated carbocycles. The van der Waals surface area contributed by atoms with Gasteiger partial charge in [-0.3, -0.25) is 9.69 Å². The highest BCUT2D eigenvalue weighted by atomic mass is 19.1. The molecule has 0 bridgehead atoms. The maximum atomic E-state index is 13.5. The first-order valence-corrected chi connectivity index (χ1v) is 10.1. The van der Waals surface area contributed by atoms with Gasteiger partial charge in [-0.05, 0) is 62.9 Å². The summed E-state index contributed by atoms with van der Waals surface area (Å²) >= 11 is 0. The van der Waals surface area contributed by atoms with E-state index in [-0.39, 0.29) is 18.3 Å². The van der Waals surface area contributed by atoms with E-state index in [9.17, 15) is 14.3 Å². The Balaban J connectivity index is 1.69. The lowest BCUT2D eigenvalue weighted by molar-refractivity contribution is 0.0218. The largest absolute Gasteiger partial charge is 0.396 e. The number of amides is 1. The van der Waals surface area contributed by atoms with Crippen LogP contribution in [0.1, 0.15) is 35.2 Å². The molecule has 0 aliphatic carbocycles. The number of hydrogen-bond acceptors (Lipinski definition) is 4. The molecule has 1 N–H and O–H groups in total. The summed E-state index contributed by atoms with van der Waals surface area (Å²) in [5.74, 6) is 0.0878. The number of carbonyl (C=O) groups is 1. The molecule has 2 saturated heterocycles. The molecule has 1 aromatic rings. The van der Waals surface area contributed by atoms with Crippen LogP contribution in [-0.4, -0.2) is 84.7 Å². The van der Waals surface area contributed by atoms with Crippen LogP contribution in [0, 0.1) is 18.7 Å². The second-order valence-electron chi connectivity index (χ2n) is 8.04. The average molecular weight is 378 g/mol. The summed E-state index contributed by atoms with van der Waals surface area (Å²) in [7, 11) is 2.16. The SMILES string of the molecule is Cc1cc(C(=O)N2CC[C@@H](N3CCN(C)CC3)[C@@H](CCCO)C2)ccc1F. The summed E-state index contributed by atoms with van der Waals surface area (Å²) in [5.41, 5.74) is 1.07. The number of piperidine rings is 1. The Morgan fingerprint density at radius 1 is 1.22 bits per heavy atom. The van der Waals surface area contributed by atoms with E-state index >= 15 is 0 Å². The molecule has 2 atom stereocenters. The van der Waals surface area contributed by atoms with Crippen molar-refractivity contribution in [3.05, 3.63) is 35.1 Å². The van der Waals surface area contributed by atoms with Crippen LogP contribution in [-0.2, 0) is 0 Å². The van der Waals surface area contributed by atoms with E-state index in [1.54, 1.807) is 19.1 Å². The molecular formula is C21H32FN3O2. The fourth-order valence-corrected chi connectivity index (χ4v) is 4.44. The Labute approximate surface area is 161 Å². The molecule has 150 valence electrons. The Morgan fingerprint density at radius 3 is 2.63 bits per heavy atom. The van der Waals surface area contributed by atoms with Crippen molar-refractivity contribution < 1.29 is 14.3 Å². The molecule has 5 nitrogen and oxygen atoms in total. The summed E-state index contributed by atoms with van der Waals surface area (Å²) < 4.78 is 13.5. The van der Waals surface area contributed by atoms with E-state index in [0.717, 1.165) is 52.0 Å². The summed E-state index contributed by atoms with van der Waals surface area (Å²) in [4.78, 5) is 19.8. The molecule has 0 aromatic heterocycles. The molecule has 2 fully saturated rings. The van der Waals surface area contributed by atoms with E-state index in [4.69, 9.17) is 0 Å². The van der Waals surface area contributed by atoms with Gasteiger partial charge in [-0.2, -0.15) is 0 Å². The van der Waals surface area contributed by atoms with Crippen LogP contribution in [0.5, 0.6) is 0 Å². The number of likely N-dealkylation sites (tertiary alicyclic amines) is 1. The van der Waals surface area contributed by atoms with Crippen LogP contribution in [0.15, 0.2) is 18.2 Å². The molecule has 0 unspecified atom stereocenters. The average Bonchev–Trinajstić information content (AvgIpc) is 2.68. The Kier molecular flexibility index (Phi) is 6.84. The number of benzene rings is 1. The van der Waals surface area contributed by atoms with Crippen molar-refractivity contribution in [1.29, 1.82) is 0 Å². The van der Waals surface area contributed by atoms with Crippen molar-refractivity contribution in [1.82, 2.24) is 14.7 Å². The first kappa shape index (κ1) is 20.2. The normalized spacial score (nSPS) is 25.0. The van der Waals surface area contributed by atoms with Gasteiger partial charge in [0.15, 0.2) is 0 Å². The van der Waals surface area contributed by atoms with Gasteiger partial charge in [0.2, 0.25) is 0 Å². The molecule has 1 aromatic carbocycles. The summed E-state index contributed by atoms with van der Waals surface area (Å²) in [6.45, 7) is 7.65. The fraction of sp³-hybridized carbons (Fsp3) is 0.667. The van der Waals surface area contributed by atoms with Crippen LogP contribution >= 0.6 is 0 Å². The van der Waals surface area contributed by atoms with Crippen molar-refractivity contribution >= 4 is 5.91 Å². The molecule has 2 heterocycles. The van der Waals surface area contributed by atoms with Gasteiger partial charge in [-0.1, -0.05) is 0 Å². The van der Waals surface area contributed by atoms with Crippen molar-refractivity contribution in [2.45, 2.75) is 32.2 Å². The highest BCUT2D eigenvalue weighted by Gasteiger charge is 2.35. The van der Waals surface area contributed by atoms with Crippen LogP contribution in [0.3, 0.4) is 0 Å². The molecule has 27 heavy (non-hydrogen) atoms. The maximum absolute atomic E-state index is 13.5. The first-order valence-electron chi connectivity index (χ1n) is 10.1. The summed E-state index contributed by atoms with van der Waals surface area (Å²) in [6.07, 6.45) is 2.66. The molecule has 1 amide bonds. The van der Waals surface area contributed by atoms with E-state index in [1.807, 2.05) is 4.90 Å². The number of aliphatic hydroxyl groups is 1. The van der Waals surface area contributed by atoms with Crippen molar-refractivity contribution in [2.75, 3.05) is 52.9 Å². The third kappa shape index (κ3) is 4.86. The van der Waals surface area contributed by atoms with Gasteiger partial charge in [-0.25, -0.2) is 4.39 Å². The Hall–Kier alpha value is -1.50. The van der Waals surface area contributed by atoms with Gasteiger partial charge >= 0.3 is 0 Å². The van der Waals surface area contributed by atoms with E-state index in [1.165, 1.54) is 6.07 Å². The lowest BCUT2D eigenvalue weighted by Crippen LogP contribution is -2.56. The summed E-state index contributed by atoms with van der Waals surface area (Å²) in [6, 6.07) is 5.08. The minimum atomic E-state index is -0.277. The molecule has 0 spiro atoms. The lowest BCUT2D eigenvalue weighted by Gasteiger charge is -2.46. The lowest BCUT2D eigenvalue weighted by atomic mass is 9.86. The van der Waals surface area contributed by atoms with Gasteiger partial charge in [0, 0.05) is 57.5 Å². The third-order valence-electron chi connectivity index (χ3n) is 6.13. The Bertz CT molecular complexity index is 646. The smallest absolute Gasteiger partial charge is 0.253 e. The topological polar surface area (TPSA) is 47.0 Å². The van der Waals surface area contributed by atoms with Gasteiger partial charge in [0.05, 0.1) is 0 Å². The molecule has 0 radical (unpaired) electrons. The number of hydrogen-bond donors (Lipinski definition) is 1. The zero-order chi connectivity index (χ0) is 19.4. The predicted octanol–water partition coefficient (Wildman–Crippen LogP) is 1.98. The number of nitrogens with zero attached hydrogens (tertiary/aromatic N) is 3. The number of halogens is 1. The second-order valence-corrected chi connectivity index (χ2v) is 8.04. The van der Waals surface area contributed by atoms with Gasteiger partial charge < -0.3 is 14.9 Å². The van der Waals surface area contributed by atoms with Crippen molar-refractivity contribution in [3.8, 4) is 0 Å². The van der Waals surface area contributed by atoms with Crippen LogP contribution in [0.4, 0.5) is 4.39 Å². The van der Waals surface area contributed by atoms with Crippen LogP contribution < -0.4 is 0 Å². The molecule has 2 aliphatic heterocycles. The number of aliphatic hydroxyl groups excluding tert-OH is 1. The highest BCUT2D eigenvalue weighted by molar-refractivity contribution is 5.94. The van der Waals surface area contributed by atoms with Gasteiger partial charge in [0.25, 0.3) is 5.91 Å². The minimum Gasteiger partial charge on any atom is -0.396 e. The van der Waals surface area contributed by atoms with Crippen molar-refractivity contribution in [2.24, 2.45) is 5.92 Å². The molecule has 3 rings (SSSR count).